The van der Waals surface area contributed by atoms with Gasteiger partial charge in [0.2, 0.25) is 0 Å². The molecule has 1 aliphatic carbocycles. The molecule has 0 saturated heterocycles. The molecule has 3 heteroatoms. The smallest absolute Gasteiger partial charge is 0.0637 e. The largest absolute Gasteiger partial charge is 0.377 e. The van der Waals surface area contributed by atoms with E-state index in [1.807, 2.05) is 24.3 Å². The maximum Gasteiger partial charge on any atom is 0.0637 e. The molecule has 0 amide bonds. The summed E-state index contributed by atoms with van der Waals surface area (Å²) in [5.41, 5.74) is 3.83. The zero-order valence-electron chi connectivity index (χ0n) is 9.79. The van der Waals surface area contributed by atoms with Crippen molar-refractivity contribution in [2.24, 2.45) is 0 Å². The van der Waals surface area contributed by atoms with E-state index in [-0.39, 0.29) is 0 Å². The Morgan fingerprint density at radius 2 is 2.00 bits per heavy atom. The van der Waals surface area contributed by atoms with Crippen LogP contribution < -0.4 is 5.32 Å². The first-order valence-electron chi connectivity index (χ1n) is 6.03. The van der Waals surface area contributed by atoms with Crippen LogP contribution in [-0.4, -0.2) is 0 Å². The van der Waals surface area contributed by atoms with Crippen molar-refractivity contribution < 1.29 is 0 Å². The van der Waals surface area contributed by atoms with Crippen LogP contribution in [-0.2, 0) is 6.42 Å². The maximum atomic E-state index is 6.18. The third-order valence-corrected chi connectivity index (χ3v) is 4.21. The quantitative estimate of drug-likeness (QED) is 0.801. The fourth-order valence-electron chi connectivity index (χ4n) is 2.50. The molecular formula is C15H13BrClN. The molecule has 0 aromatic heterocycles. The molecule has 1 nitrogen and oxygen atoms in total. The summed E-state index contributed by atoms with van der Waals surface area (Å²) in [4.78, 5) is 0. The van der Waals surface area contributed by atoms with E-state index in [1.54, 1.807) is 0 Å². The second-order valence-electron chi connectivity index (χ2n) is 4.56. The number of nitrogens with one attached hydrogen (secondary N) is 1. The lowest BCUT2D eigenvalue weighted by Crippen LogP contribution is -2.07. The van der Waals surface area contributed by atoms with Crippen molar-refractivity contribution in [3.8, 4) is 0 Å². The molecule has 1 atom stereocenters. The fourth-order valence-corrected chi connectivity index (χ4v) is 3.10. The second kappa shape index (κ2) is 4.94. The third kappa shape index (κ3) is 2.27. The average molecular weight is 323 g/mol. The van der Waals surface area contributed by atoms with Crippen molar-refractivity contribution in [3.63, 3.8) is 0 Å². The van der Waals surface area contributed by atoms with Crippen LogP contribution in [0.1, 0.15) is 23.6 Å². The lowest BCUT2D eigenvalue weighted by Gasteiger charge is -2.16. The summed E-state index contributed by atoms with van der Waals surface area (Å²) < 4.78 is 1.15. The summed E-state index contributed by atoms with van der Waals surface area (Å²) in [6.45, 7) is 0. The Morgan fingerprint density at radius 1 is 1.17 bits per heavy atom. The molecule has 0 radical (unpaired) electrons. The molecule has 92 valence electrons. The molecule has 2 aromatic rings. The first-order valence-corrected chi connectivity index (χ1v) is 7.20. The minimum Gasteiger partial charge on any atom is -0.377 e. The Labute approximate surface area is 120 Å². The van der Waals surface area contributed by atoms with Gasteiger partial charge in [-0.05, 0) is 48.2 Å². The van der Waals surface area contributed by atoms with Crippen LogP contribution in [0.25, 0.3) is 0 Å². The van der Waals surface area contributed by atoms with Crippen LogP contribution in [0, 0.1) is 0 Å². The average Bonchev–Trinajstić information content (AvgIpc) is 2.74. The van der Waals surface area contributed by atoms with E-state index < -0.39 is 0 Å². The molecule has 18 heavy (non-hydrogen) atoms. The fraction of sp³-hybridized carbons (Fsp3) is 0.200. The zero-order valence-corrected chi connectivity index (χ0v) is 12.1. The van der Waals surface area contributed by atoms with E-state index in [4.69, 9.17) is 11.6 Å². The van der Waals surface area contributed by atoms with Gasteiger partial charge < -0.3 is 5.32 Å². The normalized spacial score (nSPS) is 17.6. The maximum absolute atomic E-state index is 6.18. The van der Waals surface area contributed by atoms with Crippen molar-refractivity contribution in [2.45, 2.75) is 18.9 Å². The van der Waals surface area contributed by atoms with Gasteiger partial charge in [0.1, 0.15) is 0 Å². The summed E-state index contributed by atoms with van der Waals surface area (Å²) in [5.74, 6) is 0. The number of anilines is 1. The molecular weight excluding hydrogens is 310 g/mol. The van der Waals surface area contributed by atoms with Gasteiger partial charge in [0.15, 0.2) is 0 Å². The van der Waals surface area contributed by atoms with Crippen LogP contribution in [0.2, 0.25) is 5.02 Å². The number of hydrogen-bond acceptors (Lipinski definition) is 1. The van der Waals surface area contributed by atoms with Crippen LogP contribution in [0.15, 0.2) is 46.9 Å². The Balaban J connectivity index is 1.87. The number of rotatable bonds is 2. The van der Waals surface area contributed by atoms with Gasteiger partial charge in [0.05, 0.1) is 16.8 Å². The van der Waals surface area contributed by atoms with Gasteiger partial charge in [-0.25, -0.2) is 0 Å². The number of benzene rings is 2. The molecule has 0 aliphatic heterocycles. The van der Waals surface area contributed by atoms with E-state index in [0.717, 1.165) is 28.0 Å². The highest BCUT2D eigenvalue weighted by Gasteiger charge is 2.22. The van der Waals surface area contributed by atoms with Crippen LogP contribution >= 0.6 is 27.5 Å². The van der Waals surface area contributed by atoms with Gasteiger partial charge >= 0.3 is 0 Å². The van der Waals surface area contributed by atoms with Crippen LogP contribution in [0.3, 0.4) is 0 Å². The Morgan fingerprint density at radius 3 is 2.83 bits per heavy atom. The Hall–Kier alpha value is -0.990. The predicted octanol–water partition coefficient (Wildman–Crippen LogP) is 5.20. The molecule has 3 rings (SSSR count). The SMILES string of the molecule is Clc1ccccc1NC1CCc2cc(Br)ccc21. The van der Waals surface area contributed by atoms with Crippen molar-refractivity contribution >= 4 is 33.2 Å². The van der Waals surface area contributed by atoms with Gasteiger partial charge in [-0.15, -0.1) is 0 Å². The Kier molecular flexibility index (Phi) is 3.31. The van der Waals surface area contributed by atoms with E-state index in [9.17, 15) is 0 Å². The highest BCUT2D eigenvalue weighted by atomic mass is 79.9. The molecule has 0 bridgehead atoms. The van der Waals surface area contributed by atoms with E-state index in [0.29, 0.717) is 6.04 Å². The number of para-hydroxylation sites is 1. The van der Waals surface area contributed by atoms with Crippen molar-refractivity contribution in [1.29, 1.82) is 0 Å². The molecule has 1 N–H and O–H groups in total. The molecule has 0 fully saturated rings. The predicted molar refractivity (Wildman–Crippen MR) is 80.3 cm³/mol. The van der Waals surface area contributed by atoms with E-state index in [1.165, 1.54) is 11.1 Å². The summed E-state index contributed by atoms with van der Waals surface area (Å²) in [6, 6.07) is 14.8. The molecule has 0 heterocycles. The third-order valence-electron chi connectivity index (χ3n) is 3.39. The van der Waals surface area contributed by atoms with Gasteiger partial charge in [0, 0.05) is 4.47 Å². The van der Waals surface area contributed by atoms with Gasteiger partial charge in [-0.3, -0.25) is 0 Å². The number of fused-ring (bicyclic) bond motifs is 1. The lowest BCUT2D eigenvalue weighted by atomic mass is 10.1. The highest BCUT2D eigenvalue weighted by molar-refractivity contribution is 9.10. The van der Waals surface area contributed by atoms with Gasteiger partial charge in [-0.2, -0.15) is 0 Å². The molecule has 0 spiro atoms. The van der Waals surface area contributed by atoms with Gasteiger partial charge in [-0.1, -0.05) is 45.7 Å². The molecule has 1 unspecified atom stereocenters. The van der Waals surface area contributed by atoms with Crippen molar-refractivity contribution in [2.75, 3.05) is 5.32 Å². The van der Waals surface area contributed by atoms with Crippen LogP contribution in [0.5, 0.6) is 0 Å². The first-order chi connectivity index (χ1) is 8.74. The summed E-state index contributed by atoms with van der Waals surface area (Å²) in [6.07, 6.45) is 2.24. The minimum absolute atomic E-state index is 0.369. The van der Waals surface area contributed by atoms with E-state index in [2.05, 4.69) is 39.4 Å². The highest BCUT2D eigenvalue weighted by Crippen LogP contribution is 2.36. The van der Waals surface area contributed by atoms with E-state index >= 15 is 0 Å². The second-order valence-corrected chi connectivity index (χ2v) is 5.88. The van der Waals surface area contributed by atoms with Gasteiger partial charge in [0.25, 0.3) is 0 Å². The standard InChI is InChI=1S/C15H13BrClN/c16-11-6-7-12-10(9-11)5-8-14(12)18-15-4-2-1-3-13(15)17/h1-4,6-7,9,14,18H,5,8H2. The zero-order chi connectivity index (χ0) is 12.5. The van der Waals surface area contributed by atoms with Crippen LogP contribution in [0.4, 0.5) is 5.69 Å². The molecule has 2 aromatic carbocycles. The molecule has 0 saturated carbocycles. The monoisotopic (exact) mass is 321 g/mol. The van der Waals surface area contributed by atoms with Crippen molar-refractivity contribution in [3.05, 3.63) is 63.1 Å². The summed E-state index contributed by atoms with van der Waals surface area (Å²) in [7, 11) is 0. The molecule has 1 aliphatic rings. The van der Waals surface area contributed by atoms with Crippen molar-refractivity contribution in [1.82, 2.24) is 0 Å². The summed E-state index contributed by atoms with van der Waals surface area (Å²) >= 11 is 9.71. The Bertz CT molecular complexity index is 582. The number of halogens is 2. The minimum atomic E-state index is 0.369. The topological polar surface area (TPSA) is 12.0 Å². The summed E-state index contributed by atoms with van der Waals surface area (Å²) in [5, 5.41) is 4.32. The number of hydrogen-bond donors (Lipinski definition) is 1. The lowest BCUT2D eigenvalue weighted by molar-refractivity contribution is 0.762. The number of aryl methyl sites for hydroxylation is 1. The first kappa shape index (κ1) is 12.1.